The molecule has 1 fully saturated rings. The lowest BCUT2D eigenvalue weighted by molar-refractivity contribution is 0.516. The molecule has 0 amide bonds. The number of nitrogens with one attached hydrogen (secondary N) is 1. The van der Waals surface area contributed by atoms with Crippen LogP contribution in [0.2, 0.25) is 0 Å². The van der Waals surface area contributed by atoms with Crippen molar-refractivity contribution in [3.05, 3.63) is 0 Å². The van der Waals surface area contributed by atoms with Gasteiger partial charge in [-0.25, -0.2) is 0 Å². The number of thioether (sulfide) groups is 2. The first kappa shape index (κ1) is 11.7. The Kier molecular flexibility index (Phi) is 7.23. The zero-order valence-corrected chi connectivity index (χ0v) is 10.2. The molecule has 1 heterocycles. The average Bonchev–Trinajstić information content (AvgIpc) is 2.63. The van der Waals surface area contributed by atoms with Crippen LogP contribution in [0.4, 0.5) is 0 Å². The maximum atomic E-state index is 3.56. The second-order valence-corrected chi connectivity index (χ2v) is 5.77. The van der Waals surface area contributed by atoms with Gasteiger partial charge in [0.2, 0.25) is 0 Å². The van der Waals surface area contributed by atoms with Crippen LogP contribution >= 0.6 is 23.5 Å². The molecule has 1 atom stereocenters. The summed E-state index contributed by atoms with van der Waals surface area (Å²) >= 11 is 4.06. The van der Waals surface area contributed by atoms with Crippen LogP contribution in [0.15, 0.2) is 0 Å². The van der Waals surface area contributed by atoms with Crippen molar-refractivity contribution in [3.63, 3.8) is 0 Å². The van der Waals surface area contributed by atoms with E-state index in [-0.39, 0.29) is 0 Å². The molecule has 0 aromatic heterocycles. The molecule has 13 heavy (non-hydrogen) atoms. The van der Waals surface area contributed by atoms with Gasteiger partial charge in [0, 0.05) is 0 Å². The molecule has 1 N–H and O–H groups in total. The third kappa shape index (κ3) is 5.87. The minimum absolute atomic E-state index is 0.963. The number of rotatable bonds is 7. The van der Waals surface area contributed by atoms with Gasteiger partial charge in [-0.2, -0.15) is 23.5 Å². The predicted octanol–water partition coefficient (Wildman–Crippen LogP) is 2.47. The zero-order valence-electron chi connectivity index (χ0n) is 8.55. The summed E-state index contributed by atoms with van der Waals surface area (Å²) in [6.07, 6.45) is 6.33. The average molecular weight is 219 g/mol. The van der Waals surface area contributed by atoms with Crippen molar-refractivity contribution in [3.8, 4) is 0 Å². The van der Waals surface area contributed by atoms with Gasteiger partial charge in [-0.05, 0) is 61.8 Å². The Balaban J connectivity index is 1.78. The first-order chi connectivity index (χ1) is 6.43. The van der Waals surface area contributed by atoms with E-state index in [2.05, 4.69) is 23.3 Å². The van der Waals surface area contributed by atoms with Crippen molar-refractivity contribution in [2.45, 2.75) is 19.3 Å². The van der Waals surface area contributed by atoms with E-state index in [9.17, 15) is 0 Å². The summed E-state index contributed by atoms with van der Waals surface area (Å²) in [5.41, 5.74) is 0. The topological polar surface area (TPSA) is 12.0 Å². The van der Waals surface area contributed by atoms with Crippen LogP contribution in [0.1, 0.15) is 19.3 Å². The van der Waals surface area contributed by atoms with E-state index in [0.29, 0.717) is 0 Å². The van der Waals surface area contributed by atoms with E-state index in [1.54, 1.807) is 0 Å². The van der Waals surface area contributed by atoms with Crippen molar-refractivity contribution in [2.75, 3.05) is 36.6 Å². The molecule has 78 valence electrons. The molecular weight excluding hydrogens is 198 g/mol. The monoisotopic (exact) mass is 219 g/mol. The van der Waals surface area contributed by atoms with Crippen molar-refractivity contribution in [1.29, 1.82) is 0 Å². The highest BCUT2D eigenvalue weighted by atomic mass is 32.2. The molecule has 0 aromatic rings. The van der Waals surface area contributed by atoms with Crippen molar-refractivity contribution >= 4 is 23.5 Å². The Labute approximate surface area is 90.8 Å². The van der Waals surface area contributed by atoms with Gasteiger partial charge in [0.15, 0.2) is 0 Å². The molecule has 1 rings (SSSR count). The highest BCUT2D eigenvalue weighted by molar-refractivity contribution is 7.99. The Morgan fingerprint density at radius 1 is 1.46 bits per heavy atom. The summed E-state index contributed by atoms with van der Waals surface area (Å²) in [4.78, 5) is 0. The van der Waals surface area contributed by atoms with Crippen LogP contribution in [0.3, 0.4) is 0 Å². The summed E-state index contributed by atoms with van der Waals surface area (Å²) in [7, 11) is 0. The normalized spacial score (nSPS) is 22.4. The lowest BCUT2D eigenvalue weighted by Gasteiger charge is -2.09. The van der Waals surface area contributed by atoms with Crippen LogP contribution in [0.25, 0.3) is 0 Å². The fraction of sp³-hybridized carbons (Fsp3) is 1.00. The Morgan fingerprint density at radius 2 is 2.38 bits per heavy atom. The van der Waals surface area contributed by atoms with Gasteiger partial charge >= 0.3 is 0 Å². The Hall–Kier alpha value is 0.660. The molecule has 0 spiro atoms. The fourth-order valence-corrected chi connectivity index (χ4v) is 3.32. The van der Waals surface area contributed by atoms with E-state index in [1.165, 1.54) is 49.6 Å². The Bertz CT molecular complexity index is 113. The molecule has 0 aromatic carbocycles. The molecule has 1 saturated heterocycles. The highest BCUT2D eigenvalue weighted by Crippen LogP contribution is 2.22. The smallest absolute Gasteiger partial charge is 0.00123 e. The van der Waals surface area contributed by atoms with Crippen LogP contribution < -0.4 is 5.32 Å². The summed E-state index contributed by atoms with van der Waals surface area (Å²) in [6, 6.07) is 0. The lowest BCUT2D eigenvalue weighted by atomic mass is 10.1. The number of unbranched alkanes of at least 4 members (excludes halogenated alkanes) is 1. The molecule has 0 aliphatic carbocycles. The van der Waals surface area contributed by atoms with Gasteiger partial charge in [-0.3, -0.25) is 0 Å². The molecule has 1 unspecified atom stereocenters. The second-order valence-electron chi connectivity index (χ2n) is 3.63. The van der Waals surface area contributed by atoms with Crippen LogP contribution in [-0.4, -0.2) is 36.6 Å². The summed E-state index contributed by atoms with van der Waals surface area (Å²) < 4.78 is 0. The third-order valence-electron chi connectivity index (χ3n) is 2.41. The van der Waals surface area contributed by atoms with Crippen LogP contribution in [0, 0.1) is 5.92 Å². The van der Waals surface area contributed by atoms with Gasteiger partial charge < -0.3 is 5.32 Å². The van der Waals surface area contributed by atoms with E-state index in [4.69, 9.17) is 0 Å². The molecule has 0 radical (unpaired) electrons. The summed E-state index contributed by atoms with van der Waals surface area (Å²) in [5.74, 6) is 5.06. The third-order valence-corrected chi connectivity index (χ3v) is 4.34. The number of hydrogen-bond acceptors (Lipinski definition) is 3. The molecular formula is C10H21NS2. The van der Waals surface area contributed by atoms with Gasteiger partial charge in [-0.1, -0.05) is 0 Å². The van der Waals surface area contributed by atoms with Gasteiger partial charge in [0.05, 0.1) is 0 Å². The van der Waals surface area contributed by atoms with Crippen LogP contribution in [0.5, 0.6) is 0 Å². The molecule has 3 heteroatoms. The minimum Gasteiger partial charge on any atom is -0.316 e. The fourth-order valence-electron chi connectivity index (χ4n) is 1.55. The van der Waals surface area contributed by atoms with Crippen LogP contribution in [-0.2, 0) is 0 Å². The highest BCUT2D eigenvalue weighted by Gasteiger charge is 2.13. The molecule has 1 nitrogen and oxygen atoms in total. The predicted molar refractivity (Wildman–Crippen MR) is 65.9 cm³/mol. The summed E-state index contributed by atoms with van der Waals surface area (Å²) in [5, 5.41) is 3.56. The maximum absolute atomic E-state index is 3.56. The van der Waals surface area contributed by atoms with Gasteiger partial charge in [0.1, 0.15) is 0 Å². The first-order valence-electron chi connectivity index (χ1n) is 5.21. The summed E-state index contributed by atoms with van der Waals surface area (Å²) in [6.45, 7) is 2.48. The standard InChI is InChI=1S/C10H21NS2/c1-12-6-3-2-5-11-8-10-4-7-13-9-10/h10-11H,2-9H2,1H3. The lowest BCUT2D eigenvalue weighted by Crippen LogP contribution is -2.23. The van der Waals surface area contributed by atoms with Crippen molar-refractivity contribution in [1.82, 2.24) is 5.32 Å². The van der Waals surface area contributed by atoms with Crippen molar-refractivity contribution < 1.29 is 0 Å². The van der Waals surface area contributed by atoms with E-state index < -0.39 is 0 Å². The molecule has 1 aliphatic rings. The van der Waals surface area contributed by atoms with E-state index in [0.717, 1.165) is 5.92 Å². The second kappa shape index (κ2) is 8.01. The minimum atomic E-state index is 0.963. The van der Waals surface area contributed by atoms with Gasteiger partial charge in [0.25, 0.3) is 0 Å². The molecule has 0 saturated carbocycles. The van der Waals surface area contributed by atoms with Crippen molar-refractivity contribution in [2.24, 2.45) is 5.92 Å². The maximum Gasteiger partial charge on any atom is -0.00123 e. The molecule has 1 aliphatic heterocycles. The number of hydrogen-bond donors (Lipinski definition) is 1. The quantitative estimate of drug-likeness (QED) is 0.661. The Morgan fingerprint density at radius 3 is 3.08 bits per heavy atom. The SMILES string of the molecule is CSCCCCNCC1CCSC1. The van der Waals surface area contributed by atoms with E-state index in [1.807, 2.05) is 11.8 Å². The molecule has 0 bridgehead atoms. The van der Waals surface area contributed by atoms with E-state index >= 15 is 0 Å². The van der Waals surface area contributed by atoms with Gasteiger partial charge in [-0.15, -0.1) is 0 Å². The largest absolute Gasteiger partial charge is 0.316 e. The first-order valence-corrected chi connectivity index (χ1v) is 7.75. The zero-order chi connectivity index (χ0) is 9.36.